The second-order valence-corrected chi connectivity index (χ2v) is 9.93. The van der Waals surface area contributed by atoms with Gasteiger partial charge in [0.25, 0.3) is 5.91 Å². The van der Waals surface area contributed by atoms with Crippen molar-refractivity contribution in [2.45, 2.75) is 102 Å². The topological polar surface area (TPSA) is 59.1 Å². The number of nitrogens with zero attached hydrogens (tertiary/aromatic N) is 2. The van der Waals surface area contributed by atoms with Crippen LogP contribution >= 0.6 is 0 Å². The number of hydrogen-bond acceptors (Lipinski definition) is 4. The fraction of sp³-hybridized carbons (Fsp3) is 0.704. The second-order valence-electron chi connectivity index (χ2n) is 9.93. The molecule has 2 saturated carbocycles. The van der Waals surface area contributed by atoms with Gasteiger partial charge in [-0.1, -0.05) is 63.9 Å². The molecule has 3 fully saturated rings. The van der Waals surface area contributed by atoms with Gasteiger partial charge in [0, 0.05) is 12.1 Å². The van der Waals surface area contributed by atoms with Crippen molar-refractivity contribution in [1.29, 1.82) is 0 Å². The van der Waals surface area contributed by atoms with Crippen LogP contribution in [0.25, 0.3) is 0 Å². The molecule has 2 aliphatic carbocycles. The van der Waals surface area contributed by atoms with Gasteiger partial charge in [-0.25, -0.2) is 0 Å². The number of carbonyl (C=O) groups is 2. The normalized spacial score (nSPS) is 24.2. The molecule has 4 rings (SSSR count). The van der Waals surface area contributed by atoms with E-state index >= 15 is 0 Å². The minimum Gasteiger partial charge on any atom is -0.493 e. The third-order valence-corrected chi connectivity index (χ3v) is 7.85. The van der Waals surface area contributed by atoms with Crippen LogP contribution in [0.5, 0.6) is 11.5 Å². The van der Waals surface area contributed by atoms with E-state index in [9.17, 15) is 9.59 Å². The minimum atomic E-state index is -0.585. The molecule has 0 spiro atoms. The highest BCUT2D eigenvalue weighted by atomic mass is 16.5. The Morgan fingerprint density at radius 1 is 0.727 bits per heavy atom. The largest absolute Gasteiger partial charge is 0.493 e. The van der Waals surface area contributed by atoms with Crippen LogP contribution in [-0.2, 0) is 9.59 Å². The second kappa shape index (κ2) is 11.3. The van der Waals surface area contributed by atoms with E-state index in [2.05, 4.69) is 0 Å². The summed E-state index contributed by atoms with van der Waals surface area (Å²) in [5.41, 5.74) is 0.825. The first-order valence-electron chi connectivity index (χ1n) is 13.0. The zero-order chi connectivity index (χ0) is 23.2. The standard InChI is InChI=1S/C27H40N2O4/c1-32-23-17-16-20(18-24(23)33-2)26-27(31)28(21-12-8-6-7-9-13-21)19-25(30)29(26)22-14-10-4-3-5-11-15-22/h16-18,21-22,26H,3-15,19H2,1-2H3. The Balaban J connectivity index is 1.70. The summed E-state index contributed by atoms with van der Waals surface area (Å²) < 4.78 is 11.0. The molecule has 1 aromatic carbocycles. The molecule has 6 heteroatoms. The van der Waals surface area contributed by atoms with Gasteiger partial charge in [-0.2, -0.15) is 0 Å². The molecule has 1 heterocycles. The lowest BCUT2D eigenvalue weighted by molar-refractivity contribution is -0.162. The Hall–Kier alpha value is -2.24. The summed E-state index contributed by atoms with van der Waals surface area (Å²) in [7, 11) is 3.22. The molecule has 1 atom stereocenters. The fourth-order valence-electron chi connectivity index (χ4n) is 6.06. The first-order chi connectivity index (χ1) is 16.1. The van der Waals surface area contributed by atoms with Gasteiger partial charge in [0.2, 0.25) is 5.91 Å². The average Bonchev–Trinajstić information content (AvgIpc) is 3.09. The maximum absolute atomic E-state index is 14.1. The molecule has 3 aliphatic rings. The van der Waals surface area contributed by atoms with Crippen molar-refractivity contribution in [3.05, 3.63) is 23.8 Å². The van der Waals surface area contributed by atoms with E-state index in [-0.39, 0.29) is 30.4 Å². The Kier molecular flexibility index (Phi) is 8.15. The lowest BCUT2D eigenvalue weighted by Gasteiger charge is -2.47. The van der Waals surface area contributed by atoms with Crippen LogP contribution in [-0.4, -0.2) is 54.5 Å². The summed E-state index contributed by atoms with van der Waals surface area (Å²) in [6, 6.07) is 5.39. The number of amides is 2. The van der Waals surface area contributed by atoms with Crippen LogP contribution in [0.15, 0.2) is 18.2 Å². The molecular weight excluding hydrogens is 416 g/mol. The van der Waals surface area contributed by atoms with Gasteiger partial charge in [-0.05, 0) is 43.4 Å². The SMILES string of the molecule is COc1ccc(C2C(=O)N(C3CCCCCC3)CC(=O)N2C2CCCCCCC2)cc1OC. The molecule has 6 nitrogen and oxygen atoms in total. The number of rotatable bonds is 5. The monoisotopic (exact) mass is 456 g/mol. The molecule has 0 radical (unpaired) electrons. The lowest BCUT2D eigenvalue weighted by atomic mass is 9.90. The third kappa shape index (κ3) is 5.30. The van der Waals surface area contributed by atoms with E-state index < -0.39 is 6.04 Å². The smallest absolute Gasteiger partial charge is 0.250 e. The van der Waals surface area contributed by atoms with E-state index in [1.807, 2.05) is 28.0 Å². The van der Waals surface area contributed by atoms with Crippen LogP contribution in [0.3, 0.4) is 0 Å². The van der Waals surface area contributed by atoms with E-state index in [1.54, 1.807) is 14.2 Å². The molecule has 1 saturated heterocycles. The van der Waals surface area contributed by atoms with Crippen molar-refractivity contribution in [1.82, 2.24) is 9.80 Å². The van der Waals surface area contributed by atoms with E-state index in [0.29, 0.717) is 11.5 Å². The fourth-order valence-corrected chi connectivity index (χ4v) is 6.06. The van der Waals surface area contributed by atoms with E-state index in [0.717, 1.165) is 56.9 Å². The Bertz CT molecular complexity index is 810. The summed E-state index contributed by atoms with van der Waals surface area (Å²) in [4.78, 5) is 31.7. The first-order valence-corrected chi connectivity index (χ1v) is 13.0. The van der Waals surface area contributed by atoms with Crippen molar-refractivity contribution >= 4 is 11.8 Å². The quantitative estimate of drug-likeness (QED) is 0.568. The van der Waals surface area contributed by atoms with Crippen LogP contribution in [0.1, 0.15) is 95.1 Å². The van der Waals surface area contributed by atoms with Crippen molar-refractivity contribution in [3.63, 3.8) is 0 Å². The highest BCUT2D eigenvalue weighted by molar-refractivity contribution is 5.96. The maximum atomic E-state index is 14.1. The first kappa shape index (κ1) is 23.9. The number of hydrogen-bond donors (Lipinski definition) is 0. The Morgan fingerprint density at radius 2 is 1.27 bits per heavy atom. The number of ether oxygens (including phenoxy) is 2. The van der Waals surface area contributed by atoms with Crippen molar-refractivity contribution in [2.75, 3.05) is 20.8 Å². The minimum absolute atomic E-state index is 0.0794. The molecule has 0 N–H and O–H groups in total. The van der Waals surface area contributed by atoms with Crippen LogP contribution in [0.2, 0.25) is 0 Å². The Labute approximate surface area is 198 Å². The van der Waals surface area contributed by atoms with Gasteiger partial charge in [-0.15, -0.1) is 0 Å². The molecule has 1 aliphatic heterocycles. The van der Waals surface area contributed by atoms with Crippen molar-refractivity contribution < 1.29 is 19.1 Å². The van der Waals surface area contributed by atoms with E-state index in [1.165, 1.54) is 32.1 Å². The number of benzene rings is 1. The van der Waals surface area contributed by atoms with Gasteiger partial charge in [-0.3, -0.25) is 9.59 Å². The summed E-state index contributed by atoms with van der Waals surface area (Å²) in [5.74, 6) is 1.41. The van der Waals surface area contributed by atoms with Crippen LogP contribution in [0, 0.1) is 0 Å². The molecule has 182 valence electrons. The molecule has 33 heavy (non-hydrogen) atoms. The summed E-state index contributed by atoms with van der Waals surface area (Å²) in [6.07, 6.45) is 14.6. The molecule has 1 aromatic rings. The zero-order valence-electron chi connectivity index (χ0n) is 20.4. The van der Waals surface area contributed by atoms with Gasteiger partial charge >= 0.3 is 0 Å². The third-order valence-electron chi connectivity index (χ3n) is 7.85. The summed E-state index contributed by atoms with van der Waals surface area (Å²) in [6.45, 7) is 0.226. The Morgan fingerprint density at radius 3 is 1.85 bits per heavy atom. The summed E-state index contributed by atoms with van der Waals surface area (Å²) in [5, 5.41) is 0. The molecular formula is C27H40N2O4. The number of methoxy groups -OCH3 is 2. The van der Waals surface area contributed by atoms with Crippen molar-refractivity contribution in [2.24, 2.45) is 0 Å². The van der Waals surface area contributed by atoms with E-state index in [4.69, 9.17) is 9.47 Å². The van der Waals surface area contributed by atoms with Gasteiger partial charge in [0.05, 0.1) is 14.2 Å². The van der Waals surface area contributed by atoms with Gasteiger partial charge in [0.1, 0.15) is 12.6 Å². The zero-order valence-corrected chi connectivity index (χ0v) is 20.4. The highest BCUT2D eigenvalue weighted by Gasteiger charge is 2.45. The molecule has 0 bridgehead atoms. The van der Waals surface area contributed by atoms with Gasteiger partial charge in [0.15, 0.2) is 11.5 Å². The average molecular weight is 457 g/mol. The predicted octanol–water partition coefficient (Wildman–Crippen LogP) is 5.25. The summed E-state index contributed by atoms with van der Waals surface area (Å²) >= 11 is 0. The maximum Gasteiger partial charge on any atom is 0.250 e. The number of piperazine rings is 1. The van der Waals surface area contributed by atoms with Crippen LogP contribution in [0.4, 0.5) is 0 Å². The van der Waals surface area contributed by atoms with Crippen LogP contribution < -0.4 is 9.47 Å². The molecule has 0 aromatic heterocycles. The highest BCUT2D eigenvalue weighted by Crippen LogP contribution is 2.39. The van der Waals surface area contributed by atoms with Crippen molar-refractivity contribution in [3.8, 4) is 11.5 Å². The molecule has 2 amide bonds. The van der Waals surface area contributed by atoms with Gasteiger partial charge < -0.3 is 19.3 Å². The lowest BCUT2D eigenvalue weighted by Crippen LogP contribution is -2.60. The predicted molar refractivity (Wildman–Crippen MR) is 128 cm³/mol. The molecule has 1 unspecified atom stereocenters. The number of carbonyl (C=O) groups excluding carboxylic acids is 2.